The number of anilines is 1. The Hall–Kier alpha value is -2.82. The molecule has 0 aliphatic carbocycles. The number of benzene rings is 2. The first-order chi connectivity index (χ1) is 13.1. The smallest absolute Gasteiger partial charge is 0.408 e. The van der Waals surface area contributed by atoms with E-state index in [2.05, 4.69) is 10.6 Å². The zero-order valence-electron chi connectivity index (χ0n) is 17.3. The van der Waals surface area contributed by atoms with Crippen molar-refractivity contribution in [2.45, 2.75) is 59.1 Å². The second-order valence-electron chi connectivity index (χ2n) is 8.01. The molecule has 0 aromatic heterocycles. The van der Waals surface area contributed by atoms with E-state index >= 15 is 0 Å². The average molecular weight is 383 g/mol. The van der Waals surface area contributed by atoms with Crippen molar-refractivity contribution < 1.29 is 14.3 Å². The molecule has 0 spiro atoms. The summed E-state index contributed by atoms with van der Waals surface area (Å²) in [6, 6.07) is 14.9. The van der Waals surface area contributed by atoms with Crippen LogP contribution >= 0.6 is 0 Å². The predicted octanol–water partition coefficient (Wildman–Crippen LogP) is 4.77. The van der Waals surface area contributed by atoms with Crippen molar-refractivity contribution in [2.24, 2.45) is 0 Å². The highest BCUT2D eigenvalue weighted by Gasteiger charge is 2.24. The molecule has 28 heavy (non-hydrogen) atoms. The van der Waals surface area contributed by atoms with Crippen molar-refractivity contribution >= 4 is 17.7 Å². The van der Waals surface area contributed by atoms with Gasteiger partial charge in [-0.1, -0.05) is 36.4 Å². The van der Waals surface area contributed by atoms with Gasteiger partial charge in [0.2, 0.25) is 5.91 Å². The van der Waals surface area contributed by atoms with E-state index in [0.29, 0.717) is 18.5 Å². The number of hydrogen-bond donors (Lipinski definition) is 2. The van der Waals surface area contributed by atoms with Gasteiger partial charge in [0.1, 0.15) is 11.6 Å². The summed E-state index contributed by atoms with van der Waals surface area (Å²) in [5.41, 5.74) is 3.45. The number of carbonyl (C=O) groups is 2. The van der Waals surface area contributed by atoms with Gasteiger partial charge in [-0.05, 0) is 76.3 Å². The molecule has 0 aliphatic heterocycles. The minimum absolute atomic E-state index is 0.259. The molecule has 0 radical (unpaired) electrons. The number of nitrogens with one attached hydrogen (secondary N) is 2. The Kier molecular flexibility index (Phi) is 7.21. The fourth-order valence-corrected chi connectivity index (χ4v) is 2.72. The van der Waals surface area contributed by atoms with Crippen LogP contribution in [0.15, 0.2) is 48.5 Å². The molecule has 2 rings (SSSR count). The highest BCUT2D eigenvalue weighted by molar-refractivity contribution is 5.96. The first kappa shape index (κ1) is 21.5. The van der Waals surface area contributed by atoms with Crippen LogP contribution in [0.4, 0.5) is 10.5 Å². The first-order valence-corrected chi connectivity index (χ1v) is 9.55. The van der Waals surface area contributed by atoms with E-state index in [1.54, 1.807) is 20.8 Å². The molecule has 0 saturated heterocycles. The van der Waals surface area contributed by atoms with E-state index in [1.807, 2.05) is 62.4 Å². The molecule has 2 aromatic carbocycles. The van der Waals surface area contributed by atoms with Crippen LogP contribution in [0.1, 0.15) is 43.9 Å². The van der Waals surface area contributed by atoms with Gasteiger partial charge in [-0.2, -0.15) is 0 Å². The second-order valence-corrected chi connectivity index (χ2v) is 8.01. The Morgan fingerprint density at radius 2 is 1.68 bits per heavy atom. The number of hydrogen-bond acceptors (Lipinski definition) is 3. The number of rotatable bonds is 6. The van der Waals surface area contributed by atoms with E-state index < -0.39 is 17.7 Å². The quantitative estimate of drug-likeness (QED) is 0.756. The number of ether oxygens (including phenoxy) is 1. The molecule has 0 aliphatic rings. The topological polar surface area (TPSA) is 67.4 Å². The fraction of sp³-hybridized carbons (Fsp3) is 0.391. The fourth-order valence-electron chi connectivity index (χ4n) is 2.72. The molecule has 5 heteroatoms. The highest BCUT2D eigenvalue weighted by atomic mass is 16.6. The summed E-state index contributed by atoms with van der Waals surface area (Å²) in [7, 11) is 0. The number of alkyl carbamates (subject to hydrolysis) is 1. The molecule has 1 unspecified atom stereocenters. The lowest BCUT2D eigenvalue weighted by Crippen LogP contribution is -2.46. The lowest BCUT2D eigenvalue weighted by Gasteiger charge is -2.23. The molecule has 0 saturated carbocycles. The van der Waals surface area contributed by atoms with Crippen molar-refractivity contribution in [1.82, 2.24) is 5.32 Å². The van der Waals surface area contributed by atoms with E-state index in [0.717, 1.165) is 16.7 Å². The first-order valence-electron chi connectivity index (χ1n) is 9.55. The third-order valence-corrected chi connectivity index (χ3v) is 4.35. The van der Waals surface area contributed by atoms with Crippen molar-refractivity contribution in [3.8, 4) is 0 Å². The van der Waals surface area contributed by atoms with Gasteiger partial charge in [-0.3, -0.25) is 4.79 Å². The molecule has 2 aromatic rings. The lowest BCUT2D eigenvalue weighted by atomic mass is 10.0. The van der Waals surface area contributed by atoms with Crippen LogP contribution < -0.4 is 10.6 Å². The summed E-state index contributed by atoms with van der Waals surface area (Å²) >= 11 is 0. The highest BCUT2D eigenvalue weighted by Crippen LogP contribution is 2.16. The minimum atomic E-state index is -0.698. The van der Waals surface area contributed by atoms with Crippen LogP contribution in [0, 0.1) is 13.8 Å². The zero-order valence-corrected chi connectivity index (χ0v) is 17.3. The van der Waals surface area contributed by atoms with Crippen molar-refractivity contribution in [1.29, 1.82) is 0 Å². The second kappa shape index (κ2) is 9.40. The number of aryl methyl sites for hydroxylation is 3. The lowest BCUT2D eigenvalue weighted by molar-refractivity contribution is -0.118. The van der Waals surface area contributed by atoms with E-state index in [-0.39, 0.29) is 5.91 Å². The summed E-state index contributed by atoms with van der Waals surface area (Å²) in [4.78, 5) is 25.1. The van der Waals surface area contributed by atoms with Gasteiger partial charge < -0.3 is 15.4 Å². The molecule has 0 heterocycles. The summed E-state index contributed by atoms with van der Waals surface area (Å²) in [5, 5.41) is 5.62. The number of amides is 2. The van der Waals surface area contributed by atoms with Crippen LogP contribution in [0.2, 0.25) is 0 Å². The Morgan fingerprint density at radius 1 is 1.00 bits per heavy atom. The molecule has 2 amide bonds. The van der Waals surface area contributed by atoms with Gasteiger partial charge in [0.05, 0.1) is 0 Å². The van der Waals surface area contributed by atoms with Crippen LogP contribution in [0.3, 0.4) is 0 Å². The predicted molar refractivity (Wildman–Crippen MR) is 112 cm³/mol. The largest absolute Gasteiger partial charge is 0.444 e. The molecular formula is C23H30N2O3. The molecule has 150 valence electrons. The molecule has 1 atom stereocenters. The Bertz CT molecular complexity index is 810. The maximum atomic E-state index is 12.8. The van der Waals surface area contributed by atoms with Gasteiger partial charge in [0.15, 0.2) is 0 Å². The van der Waals surface area contributed by atoms with Gasteiger partial charge in [0.25, 0.3) is 0 Å². The maximum absolute atomic E-state index is 12.8. The van der Waals surface area contributed by atoms with Crippen LogP contribution in [-0.4, -0.2) is 23.6 Å². The number of carbonyl (C=O) groups excluding carboxylic acids is 2. The zero-order chi connectivity index (χ0) is 20.7. The molecule has 0 bridgehead atoms. The van der Waals surface area contributed by atoms with Gasteiger partial charge in [-0.25, -0.2) is 4.79 Å². The van der Waals surface area contributed by atoms with E-state index in [4.69, 9.17) is 4.74 Å². The van der Waals surface area contributed by atoms with Crippen LogP contribution in [-0.2, 0) is 16.0 Å². The van der Waals surface area contributed by atoms with Gasteiger partial charge in [0, 0.05) is 5.69 Å². The maximum Gasteiger partial charge on any atom is 0.408 e. The van der Waals surface area contributed by atoms with Gasteiger partial charge >= 0.3 is 6.09 Å². The molecule has 5 nitrogen and oxygen atoms in total. The molecular weight excluding hydrogens is 352 g/mol. The van der Waals surface area contributed by atoms with Crippen LogP contribution in [0.5, 0.6) is 0 Å². The summed E-state index contributed by atoms with van der Waals surface area (Å²) in [6.45, 7) is 9.40. The third-order valence-electron chi connectivity index (χ3n) is 4.35. The van der Waals surface area contributed by atoms with Crippen molar-refractivity contribution in [2.75, 3.05) is 5.32 Å². The standard InChI is InChI=1S/C23H30N2O3/c1-16-11-13-19(15-17(16)2)24-21(26)20(25-22(27)28-23(3,4)5)14-12-18-9-7-6-8-10-18/h6-11,13,15,20H,12,14H2,1-5H3,(H,24,26)(H,25,27). The van der Waals surface area contributed by atoms with Crippen molar-refractivity contribution in [3.63, 3.8) is 0 Å². The summed E-state index contributed by atoms with van der Waals surface area (Å²) in [5.74, 6) is -0.259. The average Bonchev–Trinajstić information content (AvgIpc) is 2.61. The van der Waals surface area contributed by atoms with E-state index in [9.17, 15) is 9.59 Å². The summed E-state index contributed by atoms with van der Waals surface area (Å²) < 4.78 is 5.33. The van der Waals surface area contributed by atoms with Crippen LogP contribution in [0.25, 0.3) is 0 Å². The molecule has 0 fully saturated rings. The Balaban J connectivity index is 2.09. The normalized spacial score (nSPS) is 12.2. The van der Waals surface area contributed by atoms with Crippen molar-refractivity contribution in [3.05, 3.63) is 65.2 Å². The van der Waals surface area contributed by atoms with E-state index in [1.165, 1.54) is 0 Å². The third kappa shape index (κ3) is 7.06. The van der Waals surface area contributed by atoms with Gasteiger partial charge in [-0.15, -0.1) is 0 Å². The molecule has 2 N–H and O–H groups in total. The SMILES string of the molecule is Cc1ccc(NC(=O)C(CCc2ccccc2)NC(=O)OC(C)(C)C)cc1C. The monoisotopic (exact) mass is 382 g/mol. The minimum Gasteiger partial charge on any atom is -0.444 e. The Morgan fingerprint density at radius 3 is 2.29 bits per heavy atom. The Labute approximate surface area is 167 Å². The summed E-state index contributed by atoms with van der Waals surface area (Å²) in [6.07, 6.45) is 0.544.